The van der Waals surface area contributed by atoms with Gasteiger partial charge >= 0.3 is 0 Å². The second-order valence-electron chi connectivity index (χ2n) is 10.8. The lowest BCUT2D eigenvalue weighted by Gasteiger charge is -2.34. The second-order valence-corrected chi connectivity index (χ2v) is 13.1. The van der Waals surface area contributed by atoms with E-state index in [1.807, 2.05) is 50.2 Å². The van der Waals surface area contributed by atoms with Crippen LogP contribution in [0.1, 0.15) is 29.2 Å². The van der Waals surface area contributed by atoms with E-state index in [2.05, 4.69) is 5.32 Å². The maximum atomic E-state index is 14.5. The average molecular weight is 648 g/mol. The molecule has 1 atom stereocenters. The highest BCUT2D eigenvalue weighted by Crippen LogP contribution is 2.34. The normalized spacial score (nSPS) is 11.8. The van der Waals surface area contributed by atoms with E-state index in [1.54, 1.807) is 55.5 Å². The number of halogens is 1. The highest BCUT2D eigenvalue weighted by Gasteiger charge is 2.35. The SMILES string of the molecule is CCNC(=O)[C@@H](Cc1ccccc1)N(Cc1cccc(Cl)c1)C(=O)CN(c1cc(C)ccc1OC)S(=O)(=O)c1ccc(C)cc1. The van der Waals surface area contributed by atoms with Gasteiger partial charge in [0.2, 0.25) is 11.8 Å². The van der Waals surface area contributed by atoms with Crippen LogP contribution in [-0.2, 0) is 32.6 Å². The third-order valence-corrected chi connectivity index (χ3v) is 9.36. The number of nitrogens with one attached hydrogen (secondary N) is 1. The van der Waals surface area contributed by atoms with Crippen molar-refractivity contribution in [2.75, 3.05) is 24.5 Å². The fourth-order valence-electron chi connectivity index (χ4n) is 5.02. The summed E-state index contributed by atoms with van der Waals surface area (Å²) in [6.45, 7) is 5.30. The number of aryl methyl sites for hydroxylation is 2. The van der Waals surface area contributed by atoms with Crippen molar-refractivity contribution in [2.24, 2.45) is 0 Å². The first-order valence-corrected chi connectivity index (χ1v) is 16.4. The van der Waals surface area contributed by atoms with Crippen molar-refractivity contribution in [1.82, 2.24) is 10.2 Å². The molecule has 45 heavy (non-hydrogen) atoms. The molecule has 0 heterocycles. The predicted octanol–water partition coefficient (Wildman–Crippen LogP) is 5.94. The molecule has 0 aromatic heterocycles. The molecular weight excluding hydrogens is 610 g/mol. The molecule has 0 aliphatic carbocycles. The van der Waals surface area contributed by atoms with Gasteiger partial charge in [0.25, 0.3) is 10.0 Å². The highest BCUT2D eigenvalue weighted by atomic mass is 35.5. The summed E-state index contributed by atoms with van der Waals surface area (Å²) in [5, 5.41) is 3.34. The van der Waals surface area contributed by atoms with Gasteiger partial charge in [-0.05, 0) is 73.9 Å². The van der Waals surface area contributed by atoms with Crippen molar-refractivity contribution in [3.8, 4) is 5.75 Å². The fraction of sp³-hybridized carbons (Fsp3) is 0.257. The Hall–Kier alpha value is -4.34. The molecule has 2 amide bonds. The summed E-state index contributed by atoms with van der Waals surface area (Å²) in [6, 6.07) is 27.1. The van der Waals surface area contributed by atoms with E-state index in [4.69, 9.17) is 16.3 Å². The quantitative estimate of drug-likeness (QED) is 0.194. The molecule has 0 aliphatic heterocycles. The topological polar surface area (TPSA) is 96.0 Å². The minimum atomic E-state index is -4.26. The summed E-state index contributed by atoms with van der Waals surface area (Å²) in [6.07, 6.45) is 0.220. The number of carbonyl (C=O) groups is 2. The zero-order valence-electron chi connectivity index (χ0n) is 25.9. The summed E-state index contributed by atoms with van der Waals surface area (Å²) >= 11 is 6.30. The number of hydrogen-bond acceptors (Lipinski definition) is 5. The van der Waals surface area contributed by atoms with Crippen LogP contribution in [0.5, 0.6) is 5.75 Å². The minimum Gasteiger partial charge on any atom is -0.495 e. The summed E-state index contributed by atoms with van der Waals surface area (Å²) < 4.78 is 35.2. The first-order chi connectivity index (χ1) is 21.5. The maximum Gasteiger partial charge on any atom is 0.264 e. The number of rotatable bonds is 13. The van der Waals surface area contributed by atoms with E-state index in [0.717, 1.165) is 21.0 Å². The molecule has 0 aliphatic rings. The zero-order chi connectivity index (χ0) is 32.6. The Balaban J connectivity index is 1.85. The summed E-state index contributed by atoms with van der Waals surface area (Å²) in [5.74, 6) is -0.630. The lowest BCUT2D eigenvalue weighted by Crippen LogP contribution is -2.53. The van der Waals surface area contributed by atoms with Crippen molar-refractivity contribution >= 4 is 39.1 Å². The number of sulfonamides is 1. The van der Waals surface area contributed by atoms with Crippen molar-refractivity contribution in [1.29, 1.82) is 0 Å². The highest BCUT2D eigenvalue weighted by molar-refractivity contribution is 7.92. The average Bonchev–Trinajstić information content (AvgIpc) is 3.02. The standard InChI is InChI=1S/C35H38ClN3O5S/c1-5-37-35(41)32(22-27-10-7-6-8-11-27)38(23-28-12-9-13-29(36)21-28)34(40)24-39(31-20-26(3)16-19-33(31)44-4)45(42,43)30-17-14-25(2)15-18-30/h6-21,32H,5,22-24H2,1-4H3,(H,37,41)/t32-/m1/s1. The van der Waals surface area contributed by atoms with Gasteiger partial charge in [0, 0.05) is 24.5 Å². The van der Waals surface area contributed by atoms with Gasteiger partial charge in [0.1, 0.15) is 18.3 Å². The molecule has 8 nitrogen and oxygen atoms in total. The number of benzene rings is 4. The van der Waals surface area contributed by atoms with Crippen LogP contribution in [0.4, 0.5) is 5.69 Å². The largest absolute Gasteiger partial charge is 0.495 e. The van der Waals surface area contributed by atoms with Crippen LogP contribution in [0, 0.1) is 13.8 Å². The van der Waals surface area contributed by atoms with Gasteiger partial charge < -0.3 is 15.0 Å². The lowest BCUT2D eigenvalue weighted by atomic mass is 10.0. The van der Waals surface area contributed by atoms with Crippen LogP contribution in [0.15, 0.2) is 102 Å². The molecule has 0 fully saturated rings. The van der Waals surface area contributed by atoms with Crippen LogP contribution in [0.25, 0.3) is 0 Å². The van der Waals surface area contributed by atoms with Gasteiger partial charge in [0.15, 0.2) is 0 Å². The van der Waals surface area contributed by atoms with Crippen molar-refractivity contribution < 1.29 is 22.7 Å². The predicted molar refractivity (Wildman–Crippen MR) is 178 cm³/mol. The molecule has 0 radical (unpaired) electrons. The maximum absolute atomic E-state index is 14.5. The Morgan fingerprint density at radius 1 is 0.867 bits per heavy atom. The molecule has 0 spiro atoms. The number of likely N-dealkylation sites (N-methyl/N-ethyl adjacent to an activating group) is 1. The number of anilines is 1. The Bertz CT molecular complexity index is 1730. The van der Waals surface area contributed by atoms with E-state index in [9.17, 15) is 18.0 Å². The van der Waals surface area contributed by atoms with Crippen molar-refractivity contribution in [3.05, 3.63) is 124 Å². The molecule has 4 aromatic rings. The zero-order valence-corrected chi connectivity index (χ0v) is 27.4. The number of amides is 2. The molecule has 4 rings (SSSR count). The van der Waals surface area contributed by atoms with Crippen LogP contribution in [0.2, 0.25) is 5.02 Å². The third kappa shape index (κ3) is 8.44. The molecular formula is C35H38ClN3O5S. The van der Waals surface area contributed by atoms with E-state index >= 15 is 0 Å². The smallest absolute Gasteiger partial charge is 0.264 e. The molecule has 10 heteroatoms. The van der Waals surface area contributed by atoms with Crippen LogP contribution in [-0.4, -0.2) is 51.4 Å². The Kier molecular flexibility index (Phi) is 11.3. The van der Waals surface area contributed by atoms with Gasteiger partial charge in [-0.2, -0.15) is 0 Å². The molecule has 0 saturated heterocycles. The van der Waals surface area contributed by atoms with Gasteiger partial charge in [0.05, 0.1) is 17.7 Å². The van der Waals surface area contributed by atoms with Crippen LogP contribution < -0.4 is 14.4 Å². The van der Waals surface area contributed by atoms with Gasteiger partial charge in [-0.15, -0.1) is 0 Å². The summed E-state index contributed by atoms with van der Waals surface area (Å²) in [4.78, 5) is 29.6. The van der Waals surface area contributed by atoms with Gasteiger partial charge in [-0.1, -0.05) is 77.8 Å². The Morgan fingerprint density at radius 3 is 2.18 bits per heavy atom. The molecule has 0 saturated carbocycles. The van der Waals surface area contributed by atoms with Crippen molar-refractivity contribution in [3.63, 3.8) is 0 Å². The Morgan fingerprint density at radius 2 is 1.53 bits per heavy atom. The number of ether oxygens (including phenoxy) is 1. The fourth-order valence-corrected chi connectivity index (χ4v) is 6.65. The van der Waals surface area contributed by atoms with E-state index in [1.165, 1.54) is 24.1 Å². The number of carbonyl (C=O) groups excluding carboxylic acids is 2. The summed E-state index contributed by atoms with van der Waals surface area (Å²) in [7, 11) is -2.81. The Labute approximate surface area is 270 Å². The molecule has 0 bridgehead atoms. The number of methoxy groups -OCH3 is 1. The van der Waals surface area contributed by atoms with Gasteiger partial charge in [-0.3, -0.25) is 13.9 Å². The second kappa shape index (κ2) is 15.1. The first-order valence-electron chi connectivity index (χ1n) is 14.6. The molecule has 0 unspecified atom stereocenters. The summed E-state index contributed by atoms with van der Waals surface area (Å²) in [5.41, 5.74) is 3.43. The van der Waals surface area contributed by atoms with Crippen molar-refractivity contribution in [2.45, 2.75) is 44.7 Å². The van der Waals surface area contributed by atoms with E-state index in [0.29, 0.717) is 17.1 Å². The monoisotopic (exact) mass is 647 g/mol. The lowest BCUT2D eigenvalue weighted by molar-refractivity contribution is -0.140. The minimum absolute atomic E-state index is 0.0235. The van der Waals surface area contributed by atoms with E-state index < -0.39 is 28.5 Å². The molecule has 236 valence electrons. The van der Waals surface area contributed by atoms with Crippen LogP contribution in [0.3, 0.4) is 0 Å². The van der Waals surface area contributed by atoms with Crippen LogP contribution >= 0.6 is 11.6 Å². The molecule has 1 N–H and O–H groups in total. The number of nitrogens with zero attached hydrogens (tertiary/aromatic N) is 2. The number of hydrogen-bond donors (Lipinski definition) is 1. The molecule has 4 aromatic carbocycles. The van der Waals surface area contributed by atoms with Gasteiger partial charge in [-0.25, -0.2) is 8.42 Å². The van der Waals surface area contributed by atoms with E-state index in [-0.39, 0.29) is 35.2 Å². The first kappa shape index (κ1) is 33.6. The third-order valence-electron chi connectivity index (χ3n) is 7.35.